The van der Waals surface area contributed by atoms with Crippen molar-refractivity contribution in [2.24, 2.45) is 0 Å². The molecular weight excluding hydrogens is 319 g/mol. The van der Waals surface area contributed by atoms with Crippen molar-refractivity contribution in [1.29, 1.82) is 0 Å². The Hall–Kier alpha value is -0.590. The number of benzene rings is 1. The molecular formula is C13H18Cl2N2O2S. The first-order valence-corrected chi connectivity index (χ1v) is 8.13. The number of sulfonamides is 1. The molecule has 0 aliphatic heterocycles. The van der Waals surface area contributed by atoms with Crippen LogP contribution in [0.25, 0.3) is 0 Å². The van der Waals surface area contributed by atoms with E-state index in [4.69, 9.17) is 23.2 Å². The Labute approximate surface area is 130 Å². The van der Waals surface area contributed by atoms with Crippen LogP contribution in [0, 0.1) is 0 Å². The van der Waals surface area contributed by atoms with Crippen molar-refractivity contribution in [2.45, 2.75) is 18.4 Å². The molecule has 20 heavy (non-hydrogen) atoms. The van der Waals surface area contributed by atoms with Crippen molar-refractivity contribution < 1.29 is 8.42 Å². The molecule has 112 valence electrons. The molecule has 1 rings (SSSR count). The molecule has 1 N–H and O–H groups in total. The van der Waals surface area contributed by atoms with Crippen LogP contribution in [0.5, 0.6) is 0 Å². The molecule has 0 radical (unpaired) electrons. The maximum absolute atomic E-state index is 12.5. The first-order valence-electron chi connectivity index (χ1n) is 5.93. The minimum atomic E-state index is -3.70. The molecule has 0 fully saturated rings. The Morgan fingerprint density at radius 1 is 1.40 bits per heavy atom. The van der Waals surface area contributed by atoms with Crippen LogP contribution < -0.4 is 5.32 Å². The third kappa shape index (κ3) is 3.96. The van der Waals surface area contributed by atoms with E-state index >= 15 is 0 Å². The third-order valence-electron chi connectivity index (χ3n) is 2.63. The van der Waals surface area contributed by atoms with E-state index in [-0.39, 0.29) is 16.5 Å². The SMILES string of the molecule is C=C(C)CN(C)S(=O)(=O)c1cc(Cl)cc(CNC)c1Cl. The lowest BCUT2D eigenvalue weighted by molar-refractivity contribution is 0.493. The van der Waals surface area contributed by atoms with Gasteiger partial charge in [-0.15, -0.1) is 0 Å². The van der Waals surface area contributed by atoms with Gasteiger partial charge in [0.05, 0.1) is 5.02 Å². The van der Waals surface area contributed by atoms with Crippen molar-refractivity contribution in [1.82, 2.24) is 9.62 Å². The Morgan fingerprint density at radius 3 is 2.50 bits per heavy atom. The average molecular weight is 337 g/mol. The lowest BCUT2D eigenvalue weighted by Gasteiger charge is -2.19. The summed E-state index contributed by atoms with van der Waals surface area (Å²) < 4.78 is 26.2. The summed E-state index contributed by atoms with van der Waals surface area (Å²) in [5.41, 5.74) is 1.38. The molecule has 0 saturated carbocycles. The highest BCUT2D eigenvalue weighted by atomic mass is 35.5. The van der Waals surface area contributed by atoms with E-state index in [9.17, 15) is 8.42 Å². The highest BCUT2D eigenvalue weighted by Crippen LogP contribution is 2.31. The molecule has 0 heterocycles. The monoisotopic (exact) mass is 336 g/mol. The van der Waals surface area contributed by atoms with Crippen LogP contribution in [0.2, 0.25) is 10.0 Å². The van der Waals surface area contributed by atoms with E-state index in [1.165, 1.54) is 17.4 Å². The zero-order valence-electron chi connectivity index (χ0n) is 11.7. The number of halogens is 2. The van der Waals surface area contributed by atoms with E-state index in [0.717, 1.165) is 5.57 Å². The smallest absolute Gasteiger partial charge is 0.244 e. The van der Waals surface area contributed by atoms with E-state index in [0.29, 0.717) is 17.1 Å². The molecule has 0 aromatic heterocycles. The molecule has 0 bridgehead atoms. The van der Waals surface area contributed by atoms with E-state index in [1.807, 2.05) is 0 Å². The lowest BCUT2D eigenvalue weighted by Crippen LogP contribution is -2.29. The van der Waals surface area contributed by atoms with Crippen molar-refractivity contribution in [3.63, 3.8) is 0 Å². The van der Waals surface area contributed by atoms with Gasteiger partial charge in [0.25, 0.3) is 0 Å². The predicted molar refractivity (Wildman–Crippen MR) is 83.9 cm³/mol. The maximum atomic E-state index is 12.5. The van der Waals surface area contributed by atoms with Crippen LogP contribution in [0.1, 0.15) is 12.5 Å². The lowest BCUT2D eigenvalue weighted by atomic mass is 10.2. The molecule has 0 amide bonds. The number of rotatable bonds is 6. The third-order valence-corrected chi connectivity index (χ3v) is 5.23. The van der Waals surface area contributed by atoms with E-state index in [1.54, 1.807) is 20.0 Å². The summed E-state index contributed by atoms with van der Waals surface area (Å²) in [6.07, 6.45) is 0. The molecule has 0 aliphatic carbocycles. The molecule has 0 unspecified atom stereocenters. The zero-order chi connectivity index (χ0) is 15.5. The molecule has 1 aromatic carbocycles. The van der Waals surface area contributed by atoms with Gasteiger partial charge in [-0.25, -0.2) is 8.42 Å². The zero-order valence-corrected chi connectivity index (χ0v) is 14.0. The average Bonchev–Trinajstić information content (AvgIpc) is 2.32. The largest absolute Gasteiger partial charge is 0.316 e. The van der Waals surface area contributed by atoms with Gasteiger partial charge in [0.2, 0.25) is 10.0 Å². The Kier molecular flexibility index (Phi) is 6.04. The number of hydrogen-bond donors (Lipinski definition) is 1. The second-order valence-electron chi connectivity index (χ2n) is 4.63. The minimum absolute atomic E-state index is 0.0145. The van der Waals surface area contributed by atoms with Gasteiger partial charge in [-0.2, -0.15) is 4.31 Å². The van der Waals surface area contributed by atoms with Crippen LogP contribution in [-0.2, 0) is 16.6 Å². The fourth-order valence-electron chi connectivity index (χ4n) is 1.76. The fourth-order valence-corrected chi connectivity index (χ4v) is 3.89. The molecule has 0 aliphatic rings. The first-order chi connectivity index (χ1) is 9.20. The molecule has 1 aromatic rings. The van der Waals surface area contributed by atoms with Gasteiger partial charge in [-0.1, -0.05) is 35.4 Å². The van der Waals surface area contributed by atoms with Crippen LogP contribution in [-0.4, -0.2) is 33.4 Å². The summed E-state index contributed by atoms with van der Waals surface area (Å²) in [5, 5.41) is 3.45. The van der Waals surface area contributed by atoms with Gasteiger partial charge in [0, 0.05) is 25.2 Å². The van der Waals surface area contributed by atoms with Crippen molar-refractivity contribution in [3.8, 4) is 0 Å². The van der Waals surface area contributed by atoms with Crippen molar-refractivity contribution in [2.75, 3.05) is 20.6 Å². The summed E-state index contributed by atoms with van der Waals surface area (Å²) in [7, 11) is -0.466. The number of likely N-dealkylation sites (N-methyl/N-ethyl adjacent to an activating group) is 1. The second kappa shape index (κ2) is 6.91. The Bertz CT molecular complexity index is 615. The summed E-state index contributed by atoms with van der Waals surface area (Å²) in [6, 6.07) is 3.02. The van der Waals surface area contributed by atoms with Crippen LogP contribution in [0.15, 0.2) is 29.2 Å². The molecule has 0 spiro atoms. The van der Waals surface area contributed by atoms with Crippen LogP contribution in [0.4, 0.5) is 0 Å². The van der Waals surface area contributed by atoms with Crippen LogP contribution in [0.3, 0.4) is 0 Å². The normalized spacial score (nSPS) is 11.9. The molecule has 4 nitrogen and oxygen atoms in total. The predicted octanol–water partition coefficient (Wildman–Crippen LogP) is 2.91. The summed E-state index contributed by atoms with van der Waals surface area (Å²) >= 11 is 12.2. The molecule has 0 saturated heterocycles. The summed E-state index contributed by atoms with van der Waals surface area (Å²) in [5.74, 6) is 0. The molecule has 0 atom stereocenters. The van der Waals surface area contributed by atoms with Gasteiger partial charge >= 0.3 is 0 Å². The van der Waals surface area contributed by atoms with E-state index in [2.05, 4.69) is 11.9 Å². The standard InChI is InChI=1S/C13H18Cl2N2O2S/c1-9(2)8-17(4)20(18,19)12-6-11(14)5-10(7-16-3)13(12)15/h5-6,16H,1,7-8H2,2-4H3. The van der Waals surface area contributed by atoms with Crippen molar-refractivity contribution in [3.05, 3.63) is 39.9 Å². The minimum Gasteiger partial charge on any atom is -0.316 e. The summed E-state index contributed by atoms with van der Waals surface area (Å²) in [6.45, 7) is 6.14. The number of hydrogen-bond acceptors (Lipinski definition) is 3. The highest BCUT2D eigenvalue weighted by Gasteiger charge is 2.25. The number of nitrogens with one attached hydrogen (secondary N) is 1. The molecule has 7 heteroatoms. The first kappa shape index (κ1) is 17.5. The van der Waals surface area contributed by atoms with Crippen LogP contribution >= 0.6 is 23.2 Å². The maximum Gasteiger partial charge on any atom is 0.244 e. The quantitative estimate of drug-likeness (QED) is 0.812. The van der Waals surface area contributed by atoms with Gasteiger partial charge in [-0.3, -0.25) is 0 Å². The van der Waals surface area contributed by atoms with Gasteiger partial charge < -0.3 is 5.32 Å². The second-order valence-corrected chi connectivity index (χ2v) is 7.45. The van der Waals surface area contributed by atoms with Gasteiger partial charge in [-0.05, 0) is 31.7 Å². The Balaban J connectivity index is 3.34. The topological polar surface area (TPSA) is 49.4 Å². The van der Waals surface area contributed by atoms with Gasteiger partial charge in [0.15, 0.2) is 0 Å². The fraction of sp³-hybridized carbons (Fsp3) is 0.385. The van der Waals surface area contributed by atoms with E-state index < -0.39 is 10.0 Å². The highest BCUT2D eigenvalue weighted by molar-refractivity contribution is 7.89. The Morgan fingerprint density at radius 2 is 2.00 bits per heavy atom. The van der Waals surface area contributed by atoms with Gasteiger partial charge in [0.1, 0.15) is 4.90 Å². The summed E-state index contributed by atoms with van der Waals surface area (Å²) in [4.78, 5) is 0.0145. The van der Waals surface area contributed by atoms with Crippen molar-refractivity contribution >= 4 is 33.2 Å². The number of nitrogens with zero attached hydrogens (tertiary/aromatic N) is 1.